The number of aromatic nitrogens is 2. The SMILES string of the molecule is COc1cccc2c1c(NS(=O)(=O)c1ccc(C)c(F)c1)nn2Cc1cccc(C#N)c1. The van der Waals surface area contributed by atoms with Crippen molar-refractivity contribution in [2.75, 3.05) is 11.8 Å². The number of hydrogen-bond acceptors (Lipinski definition) is 5. The smallest absolute Gasteiger partial charge is 0.263 e. The molecule has 7 nitrogen and oxygen atoms in total. The molecule has 0 bridgehead atoms. The number of benzene rings is 3. The van der Waals surface area contributed by atoms with Crippen LogP contribution < -0.4 is 9.46 Å². The van der Waals surface area contributed by atoms with Crippen LogP contribution in [0.1, 0.15) is 16.7 Å². The maximum Gasteiger partial charge on any atom is 0.263 e. The Balaban J connectivity index is 1.80. The average Bonchev–Trinajstić information content (AvgIpc) is 3.12. The van der Waals surface area contributed by atoms with Crippen LogP contribution in [0.15, 0.2) is 65.6 Å². The summed E-state index contributed by atoms with van der Waals surface area (Å²) in [5.41, 5.74) is 2.32. The van der Waals surface area contributed by atoms with Crippen LogP contribution in [0.4, 0.5) is 10.2 Å². The molecule has 9 heteroatoms. The summed E-state index contributed by atoms with van der Waals surface area (Å²) in [5, 5.41) is 14.1. The second-order valence-corrected chi connectivity index (χ2v) is 8.87. The number of halogens is 1. The van der Waals surface area contributed by atoms with Gasteiger partial charge in [-0.05, 0) is 54.4 Å². The summed E-state index contributed by atoms with van der Waals surface area (Å²) in [4.78, 5) is -0.208. The first-order valence-corrected chi connectivity index (χ1v) is 11.1. The fraction of sp³-hybridized carbons (Fsp3) is 0.130. The largest absolute Gasteiger partial charge is 0.496 e. The van der Waals surface area contributed by atoms with Crippen LogP contribution in [0, 0.1) is 24.1 Å². The molecule has 0 radical (unpaired) electrons. The predicted molar refractivity (Wildman–Crippen MR) is 118 cm³/mol. The van der Waals surface area contributed by atoms with E-state index in [-0.39, 0.29) is 10.7 Å². The minimum atomic E-state index is -4.10. The molecule has 1 aromatic heterocycles. The van der Waals surface area contributed by atoms with Crippen LogP contribution in [-0.4, -0.2) is 25.3 Å². The number of nitrogens with zero attached hydrogens (tertiary/aromatic N) is 3. The number of ether oxygens (including phenoxy) is 1. The number of aryl methyl sites for hydroxylation is 1. The average molecular weight is 450 g/mol. The fourth-order valence-electron chi connectivity index (χ4n) is 3.40. The Bertz CT molecular complexity index is 1470. The van der Waals surface area contributed by atoms with Crippen LogP contribution in [-0.2, 0) is 16.6 Å². The zero-order chi connectivity index (χ0) is 22.9. The number of nitriles is 1. The molecule has 0 saturated carbocycles. The van der Waals surface area contributed by atoms with Gasteiger partial charge < -0.3 is 4.74 Å². The van der Waals surface area contributed by atoms with Crippen LogP contribution in [0.3, 0.4) is 0 Å². The van der Waals surface area contributed by atoms with Crippen LogP contribution >= 0.6 is 0 Å². The van der Waals surface area contributed by atoms with Crippen LogP contribution in [0.5, 0.6) is 5.75 Å². The summed E-state index contributed by atoms with van der Waals surface area (Å²) in [7, 11) is -2.62. The van der Waals surface area contributed by atoms with E-state index >= 15 is 0 Å². The number of anilines is 1. The molecule has 0 atom stereocenters. The first-order valence-electron chi connectivity index (χ1n) is 9.64. The number of rotatable bonds is 6. The van der Waals surface area contributed by atoms with Gasteiger partial charge >= 0.3 is 0 Å². The van der Waals surface area contributed by atoms with Gasteiger partial charge in [0.2, 0.25) is 0 Å². The molecular formula is C23H19FN4O3S. The number of nitrogens with one attached hydrogen (secondary N) is 1. The van der Waals surface area contributed by atoms with Crippen molar-refractivity contribution in [3.63, 3.8) is 0 Å². The van der Waals surface area contributed by atoms with Gasteiger partial charge in [0.25, 0.3) is 10.0 Å². The Labute approximate surface area is 184 Å². The Morgan fingerprint density at radius 3 is 2.66 bits per heavy atom. The zero-order valence-electron chi connectivity index (χ0n) is 17.3. The van der Waals surface area contributed by atoms with Gasteiger partial charge in [0, 0.05) is 0 Å². The van der Waals surface area contributed by atoms with E-state index in [2.05, 4.69) is 15.9 Å². The van der Waals surface area contributed by atoms with Gasteiger partial charge in [-0.2, -0.15) is 10.4 Å². The lowest BCUT2D eigenvalue weighted by molar-refractivity contribution is 0.420. The summed E-state index contributed by atoms with van der Waals surface area (Å²) in [5.74, 6) is -0.111. The van der Waals surface area contributed by atoms with Crippen molar-refractivity contribution >= 4 is 26.7 Å². The lowest BCUT2D eigenvalue weighted by atomic mass is 10.1. The highest BCUT2D eigenvalue weighted by Crippen LogP contribution is 2.33. The fourth-order valence-corrected chi connectivity index (χ4v) is 4.42. The molecule has 1 N–H and O–H groups in total. The Kier molecular flexibility index (Phi) is 5.55. The molecule has 1 heterocycles. The molecule has 0 saturated heterocycles. The quantitative estimate of drug-likeness (QED) is 0.475. The Morgan fingerprint density at radius 1 is 1.16 bits per heavy atom. The van der Waals surface area contributed by atoms with E-state index in [1.807, 2.05) is 6.07 Å². The maximum absolute atomic E-state index is 14.0. The molecule has 0 aliphatic heterocycles. The molecule has 32 heavy (non-hydrogen) atoms. The predicted octanol–water partition coefficient (Wildman–Crippen LogP) is 4.21. The van der Waals surface area contributed by atoms with Crippen LogP contribution in [0.2, 0.25) is 0 Å². The number of methoxy groups -OCH3 is 1. The molecule has 0 spiro atoms. The highest BCUT2D eigenvalue weighted by Gasteiger charge is 2.22. The topological polar surface area (TPSA) is 97.0 Å². The van der Waals surface area contributed by atoms with Gasteiger partial charge in [-0.1, -0.05) is 24.3 Å². The minimum Gasteiger partial charge on any atom is -0.496 e. The highest BCUT2D eigenvalue weighted by atomic mass is 32.2. The van der Waals surface area contributed by atoms with E-state index < -0.39 is 15.8 Å². The van der Waals surface area contributed by atoms with Gasteiger partial charge in [-0.25, -0.2) is 12.8 Å². The molecule has 162 valence electrons. The summed E-state index contributed by atoms with van der Waals surface area (Å²) in [6.07, 6.45) is 0. The zero-order valence-corrected chi connectivity index (χ0v) is 18.1. The molecule has 0 unspecified atom stereocenters. The van der Waals surface area contributed by atoms with Crippen molar-refractivity contribution in [3.05, 3.63) is 83.2 Å². The molecular weight excluding hydrogens is 431 g/mol. The normalized spacial score (nSPS) is 11.3. The molecule has 0 amide bonds. The molecule has 4 rings (SSSR count). The second kappa shape index (κ2) is 8.32. The second-order valence-electron chi connectivity index (χ2n) is 7.19. The Hall–Kier alpha value is -3.90. The highest BCUT2D eigenvalue weighted by molar-refractivity contribution is 7.92. The third-order valence-corrected chi connectivity index (χ3v) is 6.37. The molecule has 3 aromatic carbocycles. The first-order chi connectivity index (χ1) is 15.3. The van der Waals surface area contributed by atoms with Gasteiger partial charge in [-0.15, -0.1) is 0 Å². The molecule has 0 fully saturated rings. The van der Waals surface area contributed by atoms with E-state index in [4.69, 9.17) is 10.00 Å². The van der Waals surface area contributed by atoms with Crippen molar-refractivity contribution in [3.8, 4) is 11.8 Å². The van der Waals surface area contributed by atoms with Crippen molar-refractivity contribution in [2.24, 2.45) is 0 Å². The van der Waals surface area contributed by atoms with Gasteiger partial charge in [0.05, 0.1) is 41.1 Å². The third-order valence-electron chi connectivity index (χ3n) is 5.03. The van der Waals surface area contributed by atoms with E-state index in [0.29, 0.717) is 34.3 Å². The van der Waals surface area contributed by atoms with Gasteiger partial charge in [0.1, 0.15) is 11.6 Å². The lowest BCUT2D eigenvalue weighted by Crippen LogP contribution is -2.14. The first kappa shape index (κ1) is 21.3. The van der Waals surface area contributed by atoms with E-state index in [0.717, 1.165) is 11.6 Å². The van der Waals surface area contributed by atoms with E-state index in [1.54, 1.807) is 48.0 Å². The minimum absolute atomic E-state index is 0.0647. The number of hydrogen-bond donors (Lipinski definition) is 1. The maximum atomic E-state index is 14.0. The van der Waals surface area contributed by atoms with Crippen molar-refractivity contribution in [1.82, 2.24) is 9.78 Å². The molecule has 4 aromatic rings. The molecule has 0 aliphatic rings. The van der Waals surface area contributed by atoms with E-state index in [9.17, 15) is 12.8 Å². The standard InChI is InChI=1S/C23H19FN4O3S/c1-15-9-10-18(12-19(15)24)32(29,30)27-23-22-20(7-4-8-21(22)31-2)28(26-23)14-17-6-3-5-16(11-17)13-25/h3-12H,14H2,1-2H3,(H,26,27). The summed E-state index contributed by atoms with van der Waals surface area (Å²) in [6, 6.07) is 18.2. The third kappa shape index (κ3) is 4.00. The monoisotopic (exact) mass is 450 g/mol. The molecule has 0 aliphatic carbocycles. The van der Waals surface area contributed by atoms with Crippen LogP contribution in [0.25, 0.3) is 10.9 Å². The number of fused-ring (bicyclic) bond motifs is 1. The Morgan fingerprint density at radius 2 is 1.94 bits per heavy atom. The summed E-state index contributed by atoms with van der Waals surface area (Å²) in [6.45, 7) is 1.86. The van der Waals surface area contributed by atoms with Crippen molar-refractivity contribution in [2.45, 2.75) is 18.4 Å². The van der Waals surface area contributed by atoms with Gasteiger partial charge in [0.15, 0.2) is 5.82 Å². The number of sulfonamides is 1. The van der Waals surface area contributed by atoms with Crippen molar-refractivity contribution < 1.29 is 17.5 Å². The summed E-state index contributed by atoms with van der Waals surface area (Å²) < 4.78 is 49.4. The summed E-state index contributed by atoms with van der Waals surface area (Å²) >= 11 is 0. The lowest BCUT2D eigenvalue weighted by Gasteiger charge is -2.08. The van der Waals surface area contributed by atoms with Gasteiger partial charge in [-0.3, -0.25) is 9.40 Å². The van der Waals surface area contributed by atoms with E-state index in [1.165, 1.54) is 19.2 Å². The van der Waals surface area contributed by atoms with Crippen molar-refractivity contribution in [1.29, 1.82) is 5.26 Å².